The lowest BCUT2D eigenvalue weighted by Crippen LogP contribution is -2.22. The Kier molecular flexibility index (Phi) is 5.28. The minimum Gasteiger partial charge on any atom is -0.469 e. The van der Waals surface area contributed by atoms with E-state index < -0.39 is 0 Å². The van der Waals surface area contributed by atoms with Crippen molar-refractivity contribution in [1.82, 2.24) is 4.90 Å². The van der Waals surface area contributed by atoms with Crippen LogP contribution in [0.5, 0.6) is 0 Å². The highest BCUT2D eigenvalue weighted by Crippen LogP contribution is 2.12. The van der Waals surface area contributed by atoms with E-state index in [1.807, 2.05) is 11.0 Å². The molecule has 1 aromatic rings. The van der Waals surface area contributed by atoms with Gasteiger partial charge < -0.3 is 9.64 Å². The summed E-state index contributed by atoms with van der Waals surface area (Å²) in [5.41, 5.74) is 1.06. The number of rotatable bonds is 5. The quantitative estimate of drug-likeness (QED) is 0.746. The van der Waals surface area contributed by atoms with E-state index in [1.54, 1.807) is 7.05 Å². The van der Waals surface area contributed by atoms with E-state index in [-0.39, 0.29) is 18.2 Å². The van der Waals surface area contributed by atoms with E-state index in [1.165, 1.54) is 25.3 Å². The lowest BCUT2D eigenvalue weighted by Gasteiger charge is -2.16. The van der Waals surface area contributed by atoms with Gasteiger partial charge in [0.25, 0.3) is 0 Å². The van der Waals surface area contributed by atoms with Crippen LogP contribution in [0, 0.1) is 17.1 Å². The Morgan fingerprint density at radius 2 is 2.28 bits per heavy atom. The fourth-order valence-corrected chi connectivity index (χ4v) is 1.56. The van der Waals surface area contributed by atoms with E-state index in [0.717, 1.165) is 0 Å². The number of hydrogen-bond donors (Lipinski definition) is 0. The maximum Gasteiger partial charge on any atom is 0.306 e. The first-order chi connectivity index (χ1) is 8.56. The predicted molar refractivity (Wildman–Crippen MR) is 64.1 cm³/mol. The third-order valence-corrected chi connectivity index (χ3v) is 2.55. The van der Waals surface area contributed by atoms with Gasteiger partial charge in [-0.25, -0.2) is 4.39 Å². The summed E-state index contributed by atoms with van der Waals surface area (Å²) in [4.78, 5) is 12.8. The van der Waals surface area contributed by atoms with Crippen molar-refractivity contribution < 1.29 is 13.9 Å². The molecule has 0 radical (unpaired) electrons. The molecule has 0 saturated carbocycles. The van der Waals surface area contributed by atoms with Gasteiger partial charge in [-0.3, -0.25) is 4.79 Å². The van der Waals surface area contributed by atoms with Crippen molar-refractivity contribution in [3.8, 4) is 6.07 Å². The van der Waals surface area contributed by atoms with Gasteiger partial charge in [-0.15, -0.1) is 0 Å². The molecule has 0 amide bonds. The van der Waals surface area contributed by atoms with Crippen molar-refractivity contribution in [3.05, 3.63) is 35.1 Å². The number of nitrogens with zero attached hydrogens (tertiary/aromatic N) is 2. The minimum atomic E-state index is -0.370. The van der Waals surface area contributed by atoms with Crippen molar-refractivity contribution in [2.75, 3.05) is 20.7 Å². The number of hydrogen-bond acceptors (Lipinski definition) is 4. The van der Waals surface area contributed by atoms with Crippen molar-refractivity contribution in [1.29, 1.82) is 5.26 Å². The zero-order valence-electron chi connectivity index (χ0n) is 10.4. The SMILES string of the molecule is COC(=O)CCN(C)Cc1cc(F)ccc1C#N. The second-order valence-electron chi connectivity index (χ2n) is 3.98. The van der Waals surface area contributed by atoms with Gasteiger partial charge in [0, 0.05) is 13.1 Å². The molecule has 0 bridgehead atoms. The lowest BCUT2D eigenvalue weighted by molar-refractivity contribution is -0.140. The van der Waals surface area contributed by atoms with Crippen LogP contribution < -0.4 is 0 Å². The van der Waals surface area contributed by atoms with Crippen molar-refractivity contribution in [3.63, 3.8) is 0 Å². The molecule has 96 valence electrons. The van der Waals surface area contributed by atoms with Crippen LogP contribution in [0.25, 0.3) is 0 Å². The van der Waals surface area contributed by atoms with Crippen LogP contribution in [0.4, 0.5) is 4.39 Å². The van der Waals surface area contributed by atoms with Crippen LogP contribution in [0.3, 0.4) is 0 Å². The summed E-state index contributed by atoms with van der Waals surface area (Å²) in [6.45, 7) is 0.908. The fraction of sp³-hybridized carbons (Fsp3) is 0.385. The van der Waals surface area contributed by atoms with Crippen molar-refractivity contribution in [2.24, 2.45) is 0 Å². The molecule has 0 heterocycles. The molecular formula is C13H15FN2O2. The Morgan fingerprint density at radius 1 is 1.56 bits per heavy atom. The molecule has 0 aliphatic carbocycles. The zero-order valence-corrected chi connectivity index (χ0v) is 10.4. The van der Waals surface area contributed by atoms with E-state index in [4.69, 9.17) is 5.26 Å². The van der Waals surface area contributed by atoms with Gasteiger partial charge in [-0.1, -0.05) is 0 Å². The van der Waals surface area contributed by atoms with Crippen LogP contribution in [0.2, 0.25) is 0 Å². The number of halogens is 1. The molecule has 1 rings (SSSR count). The number of methoxy groups -OCH3 is 1. The number of carbonyl (C=O) groups is 1. The number of benzene rings is 1. The van der Waals surface area contributed by atoms with Crippen molar-refractivity contribution in [2.45, 2.75) is 13.0 Å². The van der Waals surface area contributed by atoms with Gasteiger partial charge >= 0.3 is 5.97 Å². The molecular weight excluding hydrogens is 235 g/mol. The highest BCUT2D eigenvalue weighted by Gasteiger charge is 2.09. The summed E-state index contributed by atoms with van der Waals surface area (Å²) < 4.78 is 17.6. The Hall–Kier alpha value is -1.93. The maximum absolute atomic E-state index is 13.1. The fourth-order valence-electron chi connectivity index (χ4n) is 1.56. The molecule has 18 heavy (non-hydrogen) atoms. The summed E-state index contributed by atoms with van der Waals surface area (Å²) in [6.07, 6.45) is 0.268. The van der Waals surface area contributed by atoms with Gasteiger partial charge in [-0.2, -0.15) is 5.26 Å². The van der Waals surface area contributed by atoms with Crippen LogP contribution in [0.15, 0.2) is 18.2 Å². The second-order valence-corrected chi connectivity index (χ2v) is 3.98. The van der Waals surface area contributed by atoms with Crippen LogP contribution in [0.1, 0.15) is 17.5 Å². The molecule has 0 aromatic heterocycles. The topological polar surface area (TPSA) is 53.3 Å². The standard InChI is InChI=1S/C13H15FN2O2/c1-16(6-5-13(17)18-2)9-11-7-12(14)4-3-10(11)8-15/h3-4,7H,5-6,9H2,1-2H3. The number of carbonyl (C=O) groups excluding carboxylic acids is 1. The molecule has 1 aromatic carbocycles. The number of esters is 1. The van der Waals surface area contributed by atoms with Crippen LogP contribution in [-0.4, -0.2) is 31.6 Å². The Labute approximate surface area is 106 Å². The van der Waals surface area contributed by atoms with E-state index in [0.29, 0.717) is 24.2 Å². The Morgan fingerprint density at radius 3 is 2.89 bits per heavy atom. The average Bonchev–Trinajstić information content (AvgIpc) is 2.36. The van der Waals surface area contributed by atoms with Crippen LogP contribution in [-0.2, 0) is 16.1 Å². The first-order valence-electron chi connectivity index (χ1n) is 5.50. The summed E-state index contributed by atoms with van der Waals surface area (Å²) in [7, 11) is 3.14. The Balaban J connectivity index is 2.64. The molecule has 0 fully saturated rings. The number of nitriles is 1. The third-order valence-electron chi connectivity index (χ3n) is 2.55. The molecule has 0 aliphatic rings. The summed E-state index contributed by atoms with van der Waals surface area (Å²) >= 11 is 0. The first-order valence-corrected chi connectivity index (χ1v) is 5.50. The maximum atomic E-state index is 13.1. The lowest BCUT2D eigenvalue weighted by atomic mass is 10.1. The van der Waals surface area contributed by atoms with Crippen LogP contribution >= 0.6 is 0 Å². The smallest absolute Gasteiger partial charge is 0.306 e. The minimum absolute atomic E-state index is 0.268. The molecule has 0 unspecified atom stereocenters. The molecule has 5 heteroatoms. The zero-order chi connectivity index (χ0) is 13.5. The van der Waals surface area contributed by atoms with Gasteiger partial charge in [0.1, 0.15) is 5.82 Å². The second kappa shape index (κ2) is 6.72. The average molecular weight is 250 g/mol. The molecule has 0 N–H and O–H groups in total. The monoisotopic (exact) mass is 250 g/mol. The van der Waals surface area contributed by atoms with Crippen molar-refractivity contribution >= 4 is 5.97 Å². The molecule has 0 saturated heterocycles. The summed E-state index contributed by atoms with van der Waals surface area (Å²) in [5, 5.41) is 8.91. The molecule has 0 atom stereocenters. The van der Waals surface area contributed by atoms with Gasteiger partial charge in [0.2, 0.25) is 0 Å². The van der Waals surface area contributed by atoms with Gasteiger partial charge in [-0.05, 0) is 30.8 Å². The highest BCUT2D eigenvalue weighted by atomic mass is 19.1. The Bertz CT molecular complexity index is 469. The highest BCUT2D eigenvalue weighted by molar-refractivity contribution is 5.69. The molecule has 0 aliphatic heterocycles. The largest absolute Gasteiger partial charge is 0.469 e. The van der Waals surface area contributed by atoms with E-state index in [9.17, 15) is 9.18 Å². The van der Waals surface area contributed by atoms with Gasteiger partial charge in [0.15, 0.2) is 0 Å². The number of ether oxygens (including phenoxy) is 1. The summed E-state index contributed by atoms with van der Waals surface area (Å²) in [6, 6.07) is 6.08. The predicted octanol–water partition coefficient (Wildman–Crippen LogP) is 1.69. The summed E-state index contributed by atoms with van der Waals surface area (Å²) in [5.74, 6) is -0.660. The normalized spacial score (nSPS) is 10.2. The molecule has 4 nitrogen and oxygen atoms in total. The van der Waals surface area contributed by atoms with E-state index >= 15 is 0 Å². The third kappa shape index (κ3) is 4.15. The van der Waals surface area contributed by atoms with Gasteiger partial charge in [0.05, 0.1) is 25.2 Å². The molecule has 0 spiro atoms. The van der Waals surface area contributed by atoms with E-state index in [2.05, 4.69) is 4.74 Å². The first kappa shape index (κ1) is 14.1.